The SMILES string of the molecule is c1cnc2cc(OCCOC3CCCCO3)ccc2c1. The van der Waals surface area contributed by atoms with Gasteiger partial charge in [0.1, 0.15) is 12.4 Å². The van der Waals surface area contributed by atoms with Gasteiger partial charge < -0.3 is 14.2 Å². The number of benzene rings is 1. The molecule has 1 aliphatic heterocycles. The van der Waals surface area contributed by atoms with Crippen molar-refractivity contribution < 1.29 is 14.2 Å². The van der Waals surface area contributed by atoms with Gasteiger partial charge in [0.05, 0.1) is 12.1 Å². The summed E-state index contributed by atoms with van der Waals surface area (Å²) in [6.45, 7) is 1.88. The molecule has 1 saturated heterocycles. The number of aromatic nitrogens is 1. The van der Waals surface area contributed by atoms with Gasteiger partial charge in [-0.3, -0.25) is 4.98 Å². The Morgan fingerprint density at radius 3 is 3.10 bits per heavy atom. The lowest BCUT2D eigenvalue weighted by molar-refractivity contribution is -0.165. The van der Waals surface area contributed by atoms with E-state index in [0.717, 1.165) is 36.1 Å². The second-order valence-corrected chi connectivity index (χ2v) is 4.87. The predicted octanol–water partition coefficient (Wildman–Crippen LogP) is 3.16. The normalized spacial score (nSPS) is 19.1. The lowest BCUT2D eigenvalue weighted by atomic mass is 10.2. The van der Waals surface area contributed by atoms with Crippen LogP contribution in [0, 0.1) is 0 Å². The lowest BCUT2D eigenvalue weighted by Gasteiger charge is -2.22. The molecule has 1 aliphatic rings. The van der Waals surface area contributed by atoms with Crippen molar-refractivity contribution >= 4 is 10.9 Å². The van der Waals surface area contributed by atoms with Crippen molar-refractivity contribution in [2.45, 2.75) is 25.6 Å². The summed E-state index contributed by atoms with van der Waals surface area (Å²) in [7, 11) is 0. The average molecular weight is 273 g/mol. The molecule has 2 aromatic rings. The topological polar surface area (TPSA) is 40.6 Å². The monoisotopic (exact) mass is 273 g/mol. The number of ether oxygens (including phenoxy) is 3. The fourth-order valence-electron chi connectivity index (χ4n) is 2.32. The second kappa shape index (κ2) is 6.68. The largest absolute Gasteiger partial charge is 0.491 e. The third-order valence-corrected chi connectivity index (χ3v) is 3.37. The van der Waals surface area contributed by atoms with Crippen molar-refractivity contribution in [3.63, 3.8) is 0 Å². The van der Waals surface area contributed by atoms with Crippen LogP contribution in [0.25, 0.3) is 10.9 Å². The highest BCUT2D eigenvalue weighted by Gasteiger charge is 2.13. The van der Waals surface area contributed by atoms with Crippen LogP contribution in [0.15, 0.2) is 36.5 Å². The molecule has 0 radical (unpaired) electrons. The van der Waals surface area contributed by atoms with Crippen LogP contribution in [0.2, 0.25) is 0 Å². The molecule has 20 heavy (non-hydrogen) atoms. The van der Waals surface area contributed by atoms with Crippen molar-refractivity contribution in [1.82, 2.24) is 4.98 Å². The fourth-order valence-corrected chi connectivity index (χ4v) is 2.32. The number of rotatable bonds is 5. The van der Waals surface area contributed by atoms with Gasteiger partial charge in [0, 0.05) is 24.3 Å². The van der Waals surface area contributed by atoms with E-state index >= 15 is 0 Å². The second-order valence-electron chi connectivity index (χ2n) is 4.87. The van der Waals surface area contributed by atoms with Crippen LogP contribution in [-0.2, 0) is 9.47 Å². The van der Waals surface area contributed by atoms with Crippen molar-refractivity contribution in [2.24, 2.45) is 0 Å². The van der Waals surface area contributed by atoms with Gasteiger partial charge >= 0.3 is 0 Å². The summed E-state index contributed by atoms with van der Waals surface area (Å²) >= 11 is 0. The third-order valence-electron chi connectivity index (χ3n) is 3.37. The van der Waals surface area contributed by atoms with Gasteiger partial charge in [0.2, 0.25) is 0 Å². The van der Waals surface area contributed by atoms with Gasteiger partial charge in [-0.1, -0.05) is 6.07 Å². The summed E-state index contributed by atoms with van der Waals surface area (Å²) in [6, 6.07) is 9.90. The highest BCUT2D eigenvalue weighted by atomic mass is 16.7. The van der Waals surface area contributed by atoms with Crippen molar-refractivity contribution in [3.8, 4) is 5.75 Å². The van der Waals surface area contributed by atoms with Crippen molar-refractivity contribution in [2.75, 3.05) is 19.8 Å². The molecule has 3 rings (SSSR count). The highest BCUT2D eigenvalue weighted by Crippen LogP contribution is 2.19. The standard InChI is InChI=1S/C16H19NO3/c1-2-9-19-16(5-1)20-11-10-18-14-7-6-13-4-3-8-17-15(13)12-14/h3-4,6-8,12,16H,1-2,5,9-11H2. The van der Waals surface area contributed by atoms with Crippen LogP contribution in [0.5, 0.6) is 5.75 Å². The van der Waals surface area contributed by atoms with E-state index in [-0.39, 0.29) is 6.29 Å². The number of hydrogen-bond acceptors (Lipinski definition) is 4. The van der Waals surface area contributed by atoms with Crippen molar-refractivity contribution in [1.29, 1.82) is 0 Å². The van der Waals surface area contributed by atoms with Gasteiger partial charge in [0.15, 0.2) is 6.29 Å². The van der Waals surface area contributed by atoms with E-state index in [1.165, 1.54) is 6.42 Å². The molecule has 106 valence electrons. The Morgan fingerprint density at radius 1 is 1.20 bits per heavy atom. The molecule has 1 atom stereocenters. The minimum Gasteiger partial charge on any atom is -0.491 e. The molecule has 2 heterocycles. The fraction of sp³-hybridized carbons (Fsp3) is 0.438. The van der Waals surface area contributed by atoms with Gasteiger partial charge in [-0.2, -0.15) is 0 Å². The van der Waals surface area contributed by atoms with Gasteiger partial charge in [-0.25, -0.2) is 0 Å². The molecule has 4 nitrogen and oxygen atoms in total. The Bertz CT molecular complexity index is 552. The molecule has 4 heteroatoms. The maximum Gasteiger partial charge on any atom is 0.157 e. The van der Waals surface area contributed by atoms with Crippen molar-refractivity contribution in [3.05, 3.63) is 36.5 Å². The Hall–Kier alpha value is -1.65. The minimum atomic E-state index is -0.0504. The van der Waals surface area contributed by atoms with E-state index in [2.05, 4.69) is 4.98 Å². The van der Waals surface area contributed by atoms with Crippen LogP contribution >= 0.6 is 0 Å². The van der Waals surface area contributed by atoms with Crippen LogP contribution in [-0.4, -0.2) is 31.1 Å². The zero-order chi connectivity index (χ0) is 13.6. The van der Waals surface area contributed by atoms with Crippen LogP contribution in [0.1, 0.15) is 19.3 Å². The average Bonchev–Trinajstić information content (AvgIpc) is 2.52. The Morgan fingerprint density at radius 2 is 2.20 bits per heavy atom. The molecule has 1 fully saturated rings. The molecule has 0 spiro atoms. The minimum absolute atomic E-state index is 0.0504. The Balaban J connectivity index is 1.47. The first kappa shape index (κ1) is 13.3. The molecular formula is C16H19NO3. The highest BCUT2D eigenvalue weighted by molar-refractivity contribution is 5.79. The summed E-state index contributed by atoms with van der Waals surface area (Å²) in [5, 5.41) is 1.12. The van der Waals surface area contributed by atoms with Gasteiger partial charge in [-0.15, -0.1) is 0 Å². The smallest absolute Gasteiger partial charge is 0.157 e. The van der Waals surface area contributed by atoms with Crippen LogP contribution in [0.4, 0.5) is 0 Å². The maximum atomic E-state index is 5.68. The Kier molecular flexibility index (Phi) is 4.46. The third kappa shape index (κ3) is 3.46. The van der Waals surface area contributed by atoms with E-state index in [1.807, 2.05) is 30.3 Å². The maximum absolute atomic E-state index is 5.68. The molecule has 0 bridgehead atoms. The molecule has 1 aromatic heterocycles. The van der Waals surface area contributed by atoms with E-state index < -0.39 is 0 Å². The number of nitrogens with zero attached hydrogens (tertiary/aromatic N) is 1. The molecular weight excluding hydrogens is 254 g/mol. The quantitative estimate of drug-likeness (QED) is 0.785. The van der Waals surface area contributed by atoms with E-state index in [0.29, 0.717) is 13.2 Å². The van der Waals surface area contributed by atoms with Gasteiger partial charge in [-0.05, 0) is 37.5 Å². The first-order valence-corrected chi connectivity index (χ1v) is 7.12. The van der Waals surface area contributed by atoms with Crippen LogP contribution in [0.3, 0.4) is 0 Å². The molecule has 0 saturated carbocycles. The molecule has 0 amide bonds. The first-order chi connectivity index (χ1) is 9.92. The summed E-state index contributed by atoms with van der Waals surface area (Å²) in [4.78, 5) is 4.31. The first-order valence-electron chi connectivity index (χ1n) is 7.12. The number of fused-ring (bicyclic) bond motifs is 1. The summed E-state index contributed by atoms with van der Waals surface area (Å²) < 4.78 is 16.8. The Labute approximate surface area is 118 Å². The zero-order valence-electron chi connectivity index (χ0n) is 11.5. The van der Waals surface area contributed by atoms with E-state index in [4.69, 9.17) is 14.2 Å². The van der Waals surface area contributed by atoms with E-state index in [9.17, 15) is 0 Å². The molecule has 0 aliphatic carbocycles. The summed E-state index contributed by atoms with van der Waals surface area (Å²) in [5.74, 6) is 0.823. The molecule has 1 aromatic carbocycles. The molecule has 0 N–H and O–H groups in total. The predicted molar refractivity (Wildman–Crippen MR) is 76.8 cm³/mol. The number of pyridine rings is 1. The van der Waals surface area contributed by atoms with E-state index in [1.54, 1.807) is 6.20 Å². The lowest BCUT2D eigenvalue weighted by Crippen LogP contribution is -2.24. The number of hydrogen-bond donors (Lipinski definition) is 0. The van der Waals surface area contributed by atoms with Gasteiger partial charge in [0.25, 0.3) is 0 Å². The zero-order valence-corrected chi connectivity index (χ0v) is 11.5. The summed E-state index contributed by atoms with van der Waals surface area (Å²) in [6.07, 6.45) is 5.04. The van der Waals surface area contributed by atoms with Crippen LogP contribution < -0.4 is 4.74 Å². The molecule has 1 unspecified atom stereocenters. The summed E-state index contributed by atoms with van der Waals surface area (Å²) in [5.41, 5.74) is 0.946.